The second kappa shape index (κ2) is 4.12. The Morgan fingerprint density at radius 1 is 1.38 bits per heavy atom. The fourth-order valence-electron chi connectivity index (χ4n) is 2.06. The molecule has 0 radical (unpaired) electrons. The van der Waals surface area contributed by atoms with Crippen LogP contribution >= 0.6 is 7.60 Å². The van der Waals surface area contributed by atoms with Gasteiger partial charge in [0.05, 0.1) is 5.60 Å². The maximum Gasteiger partial charge on any atom is 0.325 e. The summed E-state index contributed by atoms with van der Waals surface area (Å²) >= 11 is 0. The predicted octanol–water partition coefficient (Wildman–Crippen LogP) is 2.93. The molecule has 0 aromatic carbocycles. The van der Waals surface area contributed by atoms with Crippen LogP contribution in [0.25, 0.3) is 0 Å². The summed E-state index contributed by atoms with van der Waals surface area (Å²) < 4.78 is 16.5. The molecule has 0 aromatic heterocycles. The van der Waals surface area contributed by atoms with Gasteiger partial charge in [-0.25, -0.2) is 0 Å². The topological polar surface area (TPSA) is 46.5 Å². The van der Waals surface area contributed by atoms with Gasteiger partial charge in [0.15, 0.2) is 0 Å². The van der Waals surface area contributed by atoms with Gasteiger partial charge in [-0.1, -0.05) is 26.2 Å². The van der Waals surface area contributed by atoms with Crippen molar-refractivity contribution in [2.45, 2.75) is 51.0 Å². The van der Waals surface area contributed by atoms with Crippen LogP contribution in [0, 0.1) is 0 Å². The Bertz CT molecular complexity index is 203. The van der Waals surface area contributed by atoms with Crippen molar-refractivity contribution in [3.63, 3.8) is 0 Å². The molecule has 0 aliphatic heterocycles. The van der Waals surface area contributed by atoms with E-state index >= 15 is 0 Å². The summed E-state index contributed by atoms with van der Waals surface area (Å²) in [5, 5.41) is 0. The lowest BCUT2D eigenvalue weighted by Gasteiger charge is -2.36. The second-order valence-electron chi connectivity index (χ2n) is 3.99. The van der Waals surface area contributed by atoms with E-state index in [2.05, 4.69) is 0 Å². The van der Waals surface area contributed by atoms with E-state index < -0.39 is 7.60 Å². The first kappa shape index (κ1) is 11.2. The Morgan fingerprint density at radius 3 is 2.31 bits per heavy atom. The normalized spacial score (nSPS) is 26.7. The first-order chi connectivity index (χ1) is 5.97. The molecule has 3 nitrogen and oxygen atoms in total. The molecule has 0 aromatic rings. The van der Waals surface area contributed by atoms with Gasteiger partial charge in [-0.2, -0.15) is 0 Å². The molecule has 0 bridgehead atoms. The summed E-state index contributed by atoms with van der Waals surface area (Å²) in [5.41, 5.74) is -0.308. The fraction of sp³-hybridized carbons (Fsp3) is 1.00. The van der Waals surface area contributed by atoms with Crippen molar-refractivity contribution in [3.05, 3.63) is 0 Å². The van der Waals surface area contributed by atoms with Gasteiger partial charge in [0, 0.05) is 6.66 Å². The molecular formula is C9H19O3P. The van der Waals surface area contributed by atoms with E-state index in [1.807, 2.05) is 6.92 Å². The molecule has 4 heteroatoms. The molecule has 1 N–H and O–H groups in total. The summed E-state index contributed by atoms with van der Waals surface area (Å²) in [5.74, 6) is 0. The highest BCUT2D eigenvalue weighted by Gasteiger charge is 2.35. The lowest BCUT2D eigenvalue weighted by molar-refractivity contribution is 0.0181. The van der Waals surface area contributed by atoms with Crippen LogP contribution < -0.4 is 0 Å². The minimum Gasteiger partial charge on any atom is -0.324 e. The zero-order valence-electron chi connectivity index (χ0n) is 8.45. The van der Waals surface area contributed by atoms with Crippen LogP contribution in [-0.2, 0) is 9.09 Å². The zero-order chi connectivity index (χ0) is 9.95. The fourth-order valence-corrected chi connectivity index (χ4v) is 3.10. The molecule has 1 saturated carbocycles. The molecule has 1 fully saturated rings. The lowest BCUT2D eigenvalue weighted by atomic mass is 9.83. The maximum absolute atomic E-state index is 11.2. The Hall–Kier alpha value is 0.150. The van der Waals surface area contributed by atoms with E-state index in [9.17, 15) is 9.46 Å². The molecule has 78 valence electrons. The standard InChI is InChI=1S/C9H19O3P/c1-3-9(12-13(2,10)11)7-5-4-6-8-9/h3-8H2,1-2H3,(H,10,11). The van der Waals surface area contributed by atoms with Crippen molar-refractivity contribution in [3.8, 4) is 0 Å². The molecule has 0 amide bonds. The van der Waals surface area contributed by atoms with Crippen molar-refractivity contribution >= 4 is 7.60 Å². The molecule has 1 rings (SSSR count). The van der Waals surface area contributed by atoms with Crippen LogP contribution in [0.5, 0.6) is 0 Å². The maximum atomic E-state index is 11.2. The third-order valence-electron chi connectivity index (χ3n) is 2.77. The van der Waals surface area contributed by atoms with E-state index in [4.69, 9.17) is 4.52 Å². The Balaban J connectivity index is 2.63. The molecule has 0 spiro atoms. The first-order valence-electron chi connectivity index (χ1n) is 4.98. The molecule has 13 heavy (non-hydrogen) atoms. The van der Waals surface area contributed by atoms with Gasteiger partial charge in [0.1, 0.15) is 0 Å². The summed E-state index contributed by atoms with van der Waals surface area (Å²) in [6.45, 7) is 3.31. The minimum absolute atomic E-state index is 0.308. The number of hydrogen-bond donors (Lipinski definition) is 1. The zero-order valence-corrected chi connectivity index (χ0v) is 9.35. The first-order valence-corrected chi connectivity index (χ1v) is 7.01. The molecule has 1 aliphatic rings. The van der Waals surface area contributed by atoms with E-state index in [-0.39, 0.29) is 5.60 Å². The molecular weight excluding hydrogens is 187 g/mol. The summed E-state index contributed by atoms with van der Waals surface area (Å²) in [6, 6.07) is 0. The third kappa shape index (κ3) is 3.41. The second-order valence-corrected chi connectivity index (χ2v) is 5.78. The Kier molecular flexibility index (Phi) is 3.56. The van der Waals surface area contributed by atoms with Crippen molar-refractivity contribution in [2.24, 2.45) is 0 Å². The quantitative estimate of drug-likeness (QED) is 0.722. The lowest BCUT2D eigenvalue weighted by Crippen LogP contribution is -2.33. The van der Waals surface area contributed by atoms with Gasteiger partial charge in [-0.15, -0.1) is 0 Å². The Labute approximate surface area is 80.0 Å². The summed E-state index contributed by atoms with van der Waals surface area (Å²) in [7, 11) is -3.32. The van der Waals surface area contributed by atoms with Crippen molar-refractivity contribution < 1.29 is 14.0 Å². The van der Waals surface area contributed by atoms with Crippen molar-refractivity contribution in [1.82, 2.24) is 0 Å². The van der Waals surface area contributed by atoms with Crippen molar-refractivity contribution in [1.29, 1.82) is 0 Å². The number of rotatable bonds is 3. The predicted molar refractivity (Wildman–Crippen MR) is 52.9 cm³/mol. The van der Waals surface area contributed by atoms with E-state index in [0.29, 0.717) is 0 Å². The highest BCUT2D eigenvalue weighted by atomic mass is 31.2. The van der Waals surface area contributed by atoms with Crippen LogP contribution in [-0.4, -0.2) is 17.2 Å². The van der Waals surface area contributed by atoms with E-state index in [1.165, 1.54) is 13.1 Å². The molecule has 1 atom stereocenters. The van der Waals surface area contributed by atoms with E-state index in [0.717, 1.165) is 32.1 Å². The third-order valence-corrected chi connectivity index (χ3v) is 3.50. The van der Waals surface area contributed by atoms with E-state index in [1.54, 1.807) is 0 Å². The van der Waals surface area contributed by atoms with Crippen LogP contribution in [0.15, 0.2) is 0 Å². The Morgan fingerprint density at radius 2 is 1.92 bits per heavy atom. The summed E-state index contributed by atoms with van der Waals surface area (Å²) in [6.07, 6.45) is 6.17. The molecule has 0 saturated heterocycles. The largest absolute Gasteiger partial charge is 0.325 e. The smallest absolute Gasteiger partial charge is 0.324 e. The summed E-state index contributed by atoms with van der Waals surface area (Å²) in [4.78, 5) is 9.20. The van der Waals surface area contributed by atoms with Gasteiger partial charge in [-0.3, -0.25) is 4.57 Å². The highest BCUT2D eigenvalue weighted by molar-refractivity contribution is 7.51. The average Bonchev–Trinajstić information content (AvgIpc) is 2.03. The highest BCUT2D eigenvalue weighted by Crippen LogP contribution is 2.48. The van der Waals surface area contributed by atoms with Gasteiger partial charge in [0.25, 0.3) is 0 Å². The average molecular weight is 206 g/mol. The van der Waals surface area contributed by atoms with Crippen molar-refractivity contribution in [2.75, 3.05) is 6.66 Å². The van der Waals surface area contributed by atoms with Crippen LogP contribution in [0.1, 0.15) is 45.4 Å². The molecule has 1 aliphatic carbocycles. The van der Waals surface area contributed by atoms with Gasteiger partial charge < -0.3 is 9.42 Å². The number of hydrogen-bond acceptors (Lipinski definition) is 2. The molecule has 0 heterocycles. The van der Waals surface area contributed by atoms with Crippen LogP contribution in [0.2, 0.25) is 0 Å². The van der Waals surface area contributed by atoms with Gasteiger partial charge in [0.2, 0.25) is 0 Å². The van der Waals surface area contributed by atoms with Gasteiger partial charge >= 0.3 is 7.60 Å². The van der Waals surface area contributed by atoms with Crippen LogP contribution in [0.4, 0.5) is 0 Å². The monoisotopic (exact) mass is 206 g/mol. The van der Waals surface area contributed by atoms with Gasteiger partial charge in [-0.05, 0) is 19.3 Å². The molecule has 1 unspecified atom stereocenters. The van der Waals surface area contributed by atoms with Crippen LogP contribution in [0.3, 0.4) is 0 Å². The SMILES string of the molecule is CCC1(OP(C)(=O)O)CCCCC1. The minimum atomic E-state index is -3.32.